The monoisotopic (exact) mass is 636 g/mol. The van der Waals surface area contributed by atoms with Gasteiger partial charge in [0.1, 0.15) is 11.2 Å². The highest BCUT2D eigenvalue weighted by molar-refractivity contribution is 6.24. The minimum atomic E-state index is -0.134. The van der Waals surface area contributed by atoms with Crippen LogP contribution in [0.25, 0.3) is 98.4 Å². The molecule has 0 saturated carbocycles. The number of hydrogen-bond donors (Lipinski definition) is 0. The lowest BCUT2D eigenvalue weighted by molar-refractivity contribution is 0.660. The molecule has 1 nitrogen and oxygen atoms in total. The standard InChI is InChI=1S/C49H32O/c1-49(2)41-25-27-43-47(46(41)39-24-22-30-13-4-6-16-33(30)48(39)49)40-28-31(23-26-42(40)50-43)44-35-17-7-9-19-37(35)45(38-20-10-8-18-36(38)44)34-21-11-14-29-12-3-5-15-32(29)34/h3-28H,1-2H3. The SMILES string of the molecule is CC1(C)c2ccc3oc4ccc(-c5c6ccccc6c(-c6cccc7ccccc67)c6ccccc56)cc4c3c2-c2ccc3ccccc3c21. The summed E-state index contributed by atoms with van der Waals surface area (Å²) in [6.45, 7) is 4.75. The van der Waals surface area contributed by atoms with Crippen molar-refractivity contribution in [3.8, 4) is 33.4 Å². The van der Waals surface area contributed by atoms with Crippen LogP contribution in [-0.4, -0.2) is 0 Å². The van der Waals surface area contributed by atoms with Gasteiger partial charge in [0, 0.05) is 16.2 Å². The van der Waals surface area contributed by atoms with E-state index < -0.39 is 0 Å². The van der Waals surface area contributed by atoms with Crippen molar-refractivity contribution in [2.75, 3.05) is 0 Å². The summed E-state index contributed by atoms with van der Waals surface area (Å²) in [6, 6.07) is 58.0. The summed E-state index contributed by atoms with van der Waals surface area (Å²) < 4.78 is 6.63. The van der Waals surface area contributed by atoms with Gasteiger partial charge in [-0.2, -0.15) is 0 Å². The molecule has 0 saturated heterocycles. The van der Waals surface area contributed by atoms with E-state index in [9.17, 15) is 0 Å². The van der Waals surface area contributed by atoms with Gasteiger partial charge in [-0.15, -0.1) is 0 Å². The van der Waals surface area contributed by atoms with E-state index >= 15 is 0 Å². The van der Waals surface area contributed by atoms with Crippen LogP contribution in [0.1, 0.15) is 25.0 Å². The van der Waals surface area contributed by atoms with E-state index in [1.807, 2.05) is 0 Å². The first kappa shape index (κ1) is 27.7. The average Bonchev–Trinajstić information content (AvgIpc) is 3.65. The van der Waals surface area contributed by atoms with Crippen LogP contribution in [0.4, 0.5) is 0 Å². The Balaban J connectivity index is 1.23. The summed E-state index contributed by atoms with van der Waals surface area (Å²) in [5.41, 5.74) is 12.1. The summed E-state index contributed by atoms with van der Waals surface area (Å²) in [5.74, 6) is 0. The van der Waals surface area contributed by atoms with Gasteiger partial charge in [0.2, 0.25) is 0 Å². The Hall–Kier alpha value is -6.18. The maximum Gasteiger partial charge on any atom is 0.136 e. The van der Waals surface area contributed by atoms with E-state index in [2.05, 4.69) is 172 Å². The van der Waals surface area contributed by atoms with Gasteiger partial charge in [-0.25, -0.2) is 0 Å². The largest absolute Gasteiger partial charge is 0.456 e. The third kappa shape index (κ3) is 3.62. The molecule has 0 radical (unpaired) electrons. The molecule has 50 heavy (non-hydrogen) atoms. The van der Waals surface area contributed by atoms with Crippen LogP contribution < -0.4 is 0 Å². The molecule has 0 atom stereocenters. The zero-order valence-electron chi connectivity index (χ0n) is 27.9. The van der Waals surface area contributed by atoms with Crippen molar-refractivity contribution in [3.05, 3.63) is 169 Å². The molecule has 11 rings (SSSR count). The van der Waals surface area contributed by atoms with Gasteiger partial charge in [-0.05, 0) is 106 Å². The van der Waals surface area contributed by atoms with Gasteiger partial charge in [0.25, 0.3) is 0 Å². The number of hydrogen-bond acceptors (Lipinski definition) is 1. The molecule has 1 aliphatic rings. The topological polar surface area (TPSA) is 13.1 Å². The molecule has 0 amide bonds. The summed E-state index contributed by atoms with van der Waals surface area (Å²) in [7, 11) is 0. The van der Waals surface area contributed by atoms with Crippen molar-refractivity contribution in [2.24, 2.45) is 0 Å². The van der Waals surface area contributed by atoms with Crippen LogP contribution in [0.15, 0.2) is 162 Å². The first-order chi connectivity index (χ1) is 24.6. The summed E-state index contributed by atoms with van der Waals surface area (Å²) in [6.07, 6.45) is 0. The number of benzene rings is 9. The Morgan fingerprint density at radius 2 is 0.980 bits per heavy atom. The first-order valence-corrected chi connectivity index (χ1v) is 17.5. The third-order valence-electron chi connectivity index (χ3n) is 11.4. The van der Waals surface area contributed by atoms with Crippen molar-refractivity contribution >= 4 is 65.0 Å². The predicted molar refractivity (Wildman–Crippen MR) is 212 cm³/mol. The minimum absolute atomic E-state index is 0.134. The smallest absolute Gasteiger partial charge is 0.136 e. The van der Waals surface area contributed by atoms with E-state index in [-0.39, 0.29) is 5.41 Å². The second kappa shape index (κ2) is 9.94. The fourth-order valence-corrected chi connectivity index (χ4v) is 9.29. The van der Waals surface area contributed by atoms with Gasteiger partial charge < -0.3 is 4.42 Å². The Morgan fingerprint density at radius 3 is 1.70 bits per heavy atom. The molecular formula is C49H32O. The van der Waals surface area contributed by atoms with Crippen LogP contribution in [-0.2, 0) is 5.41 Å². The molecule has 1 aromatic heterocycles. The molecule has 0 bridgehead atoms. The van der Waals surface area contributed by atoms with Gasteiger partial charge >= 0.3 is 0 Å². The second-order valence-electron chi connectivity index (χ2n) is 14.4. The molecule has 0 unspecified atom stereocenters. The van der Waals surface area contributed by atoms with Crippen LogP contribution in [0, 0.1) is 0 Å². The lowest BCUT2D eigenvalue weighted by atomic mass is 9.80. The second-order valence-corrected chi connectivity index (χ2v) is 14.4. The highest BCUT2D eigenvalue weighted by Gasteiger charge is 2.38. The van der Waals surface area contributed by atoms with E-state index in [0.29, 0.717) is 0 Å². The quantitative estimate of drug-likeness (QED) is 0.172. The molecule has 1 heterocycles. The predicted octanol–water partition coefficient (Wildman–Crippen LogP) is 13.8. The van der Waals surface area contributed by atoms with Crippen LogP contribution in [0.5, 0.6) is 0 Å². The average molecular weight is 637 g/mol. The molecule has 234 valence electrons. The highest BCUT2D eigenvalue weighted by atomic mass is 16.3. The van der Waals surface area contributed by atoms with Gasteiger partial charge in [-0.1, -0.05) is 153 Å². The van der Waals surface area contributed by atoms with Crippen molar-refractivity contribution in [3.63, 3.8) is 0 Å². The van der Waals surface area contributed by atoms with E-state index in [1.165, 1.54) is 93.0 Å². The molecule has 0 N–H and O–H groups in total. The van der Waals surface area contributed by atoms with Crippen LogP contribution >= 0.6 is 0 Å². The van der Waals surface area contributed by atoms with Gasteiger partial charge in [-0.3, -0.25) is 0 Å². The van der Waals surface area contributed by atoms with Crippen LogP contribution in [0.3, 0.4) is 0 Å². The molecule has 0 spiro atoms. The number of fused-ring (bicyclic) bond motifs is 12. The summed E-state index contributed by atoms with van der Waals surface area (Å²) in [5, 5.41) is 12.6. The third-order valence-corrected chi connectivity index (χ3v) is 11.4. The Morgan fingerprint density at radius 1 is 0.400 bits per heavy atom. The van der Waals surface area contributed by atoms with E-state index in [1.54, 1.807) is 0 Å². The minimum Gasteiger partial charge on any atom is -0.456 e. The lowest BCUT2D eigenvalue weighted by Crippen LogP contribution is -2.15. The zero-order chi connectivity index (χ0) is 33.1. The zero-order valence-corrected chi connectivity index (χ0v) is 27.9. The van der Waals surface area contributed by atoms with Crippen molar-refractivity contribution in [1.82, 2.24) is 0 Å². The highest BCUT2D eigenvalue weighted by Crippen LogP contribution is 2.55. The van der Waals surface area contributed by atoms with Crippen LogP contribution in [0.2, 0.25) is 0 Å². The summed E-state index contributed by atoms with van der Waals surface area (Å²) in [4.78, 5) is 0. The maximum atomic E-state index is 6.63. The normalized spacial score (nSPS) is 13.6. The molecule has 10 aromatic rings. The Labute approximate surface area is 290 Å². The molecule has 9 aromatic carbocycles. The number of furan rings is 1. The Kier molecular flexibility index (Phi) is 5.51. The molecule has 0 fully saturated rings. The van der Waals surface area contributed by atoms with Gasteiger partial charge in [0.05, 0.1) is 0 Å². The lowest BCUT2D eigenvalue weighted by Gasteiger charge is -2.23. The fraction of sp³-hybridized carbons (Fsp3) is 0.0612. The van der Waals surface area contributed by atoms with Crippen molar-refractivity contribution in [1.29, 1.82) is 0 Å². The van der Waals surface area contributed by atoms with Crippen molar-refractivity contribution < 1.29 is 4.42 Å². The maximum absolute atomic E-state index is 6.63. The van der Waals surface area contributed by atoms with Crippen molar-refractivity contribution in [2.45, 2.75) is 19.3 Å². The molecule has 1 heteroatoms. The molecule has 0 aliphatic heterocycles. The van der Waals surface area contributed by atoms with E-state index in [0.717, 1.165) is 16.6 Å². The fourth-order valence-electron chi connectivity index (χ4n) is 9.29. The van der Waals surface area contributed by atoms with Gasteiger partial charge in [0.15, 0.2) is 0 Å². The molecule has 1 aliphatic carbocycles. The molecular weight excluding hydrogens is 605 g/mol. The number of rotatable bonds is 2. The summed E-state index contributed by atoms with van der Waals surface area (Å²) >= 11 is 0. The van der Waals surface area contributed by atoms with E-state index in [4.69, 9.17) is 4.42 Å². The first-order valence-electron chi connectivity index (χ1n) is 17.5. The Bertz CT molecular complexity index is 3000.